The van der Waals surface area contributed by atoms with Crippen molar-refractivity contribution in [3.63, 3.8) is 0 Å². The first-order chi connectivity index (χ1) is 14.0. The van der Waals surface area contributed by atoms with Crippen LogP contribution in [-0.4, -0.2) is 17.0 Å². The number of rotatable bonds is 5. The van der Waals surface area contributed by atoms with Crippen LogP contribution in [0.5, 0.6) is 5.75 Å². The Morgan fingerprint density at radius 2 is 1.90 bits per heavy atom. The smallest absolute Gasteiger partial charge is 0.265 e. The number of nitrogens with one attached hydrogen (secondary N) is 1. The Hall–Kier alpha value is -3.31. The van der Waals surface area contributed by atoms with Gasteiger partial charge in [-0.05, 0) is 55.8 Å². The van der Waals surface area contributed by atoms with Gasteiger partial charge in [0.15, 0.2) is 11.7 Å². The summed E-state index contributed by atoms with van der Waals surface area (Å²) in [5.74, 6) is 0.734. The summed E-state index contributed by atoms with van der Waals surface area (Å²) in [5, 5.41) is 3.35. The lowest BCUT2D eigenvalue weighted by Gasteiger charge is -2.16. The summed E-state index contributed by atoms with van der Waals surface area (Å²) < 4.78 is 11.5. The Balaban J connectivity index is 1.49. The number of oxazole rings is 1. The Bertz CT molecular complexity index is 1170. The summed E-state index contributed by atoms with van der Waals surface area (Å²) in [6, 6.07) is 20.5. The molecule has 0 aliphatic rings. The number of benzene rings is 3. The molecular weight excluding hydrogens is 388 g/mol. The first-order valence-electron chi connectivity index (χ1n) is 9.20. The predicted molar refractivity (Wildman–Crippen MR) is 114 cm³/mol. The summed E-state index contributed by atoms with van der Waals surface area (Å²) in [6.45, 7) is 3.56. The van der Waals surface area contributed by atoms with Crippen molar-refractivity contribution in [2.45, 2.75) is 20.0 Å². The average Bonchev–Trinajstić information content (AvgIpc) is 3.15. The van der Waals surface area contributed by atoms with Gasteiger partial charge in [0.05, 0.1) is 5.02 Å². The van der Waals surface area contributed by atoms with Crippen LogP contribution >= 0.6 is 11.6 Å². The largest absolute Gasteiger partial charge is 0.479 e. The first kappa shape index (κ1) is 19.0. The first-order valence-corrected chi connectivity index (χ1v) is 9.58. The minimum atomic E-state index is -0.720. The molecule has 0 saturated carbocycles. The summed E-state index contributed by atoms with van der Waals surface area (Å²) in [5.41, 5.74) is 3.71. The van der Waals surface area contributed by atoms with Crippen molar-refractivity contribution in [2.24, 2.45) is 0 Å². The zero-order chi connectivity index (χ0) is 20.4. The van der Waals surface area contributed by atoms with Crippen LogP contribution in [-0.2, 0) is 4.79 Å². The highest BCUT2D eigenvalue weighted by Gasteiger charge is 2.17. The number of hydrogen-bond acceptors (Lipinski definition) is 4. The second-order valence-corrected chi connectivity index (χ2v) is 7.08. The summed E-state index contributed by atoms with van der Waals surface area (Å²) in [7, 11) is 0. The number of nitrogens with zero attached hydrogens (tertiary/aromatic N) is 1. The number of halogens is 1. The third kappa shape index (κ3) is 4.10. The van der Waals surface area contributed by atoms with E-state index in [9.17, 15) is 4.79 Å². The third-order valence-corrected chi connectivity index (χ3v) is 4.99. The molecule has 0 aliphatic heterocycles. The molecule has 0 fully saturated rings. The van der Waals surface area contributed by atoms with Crippen LogP contribution in [0.4, 0.5) is 5.69 Å². The van der Waals surface area contributed by atoms with Gasteiger partial charge >= 0.3 is 0 Å². The number of anilines is 1. The molecule has 1 unspecified atom stereocenters. The van der Waals surface area contributed by atoms with Gasteiger partial charge in [-0.1, -0.05) is 41.9 Å². The Labute approximate surface area is 173 Å². The molecule has 1 heterocycles. The fraction of sp³-hybridized carbons (Fsp3) is 0.130. The Kier molecular flexibility index (Phi) is 5.23. The van der Waals surface area contributed by atoms with Gasteiger partial charge in [-0.2, -0.15) is 0 Å². The van der Waals surface area contributed by atoms with E-state index >= 15 is 0 Å². The molecule has 146 valence electrons. The molecule has 29 heavy (non-hydrogen) atoms. The summed E-state index contributed by atoms with van der Waals surface area (Å²) in [4.78, 5) is 17.1. The van der Waals surface area contributed by atoms with E-state index < -0.39 is 6.10 Å². The number of carbonyl (C=O) groups is 1. The van der Waals surface area contributed by atoms with Gasteiger partial charge in [0.2, 0.25) is 5.89 Å². The zero-order valence-corrected chi connectivity index (χ0v) is 16.7. The number of aryl methyl sites for hydroxylation is 1. The third-order valence-electron chi connectivity index (χ3n) is 4.51. The molecule has 1 N–H and O–H groups in total. The quantitative estimate of drug-likeness (QED) is 0.450. The van der Waals surface area contributed by atoms with Crippen LogP contribution in [0, 0.1) is 6.92 Å². The zero-order valence-electron chi connectivity index (χ0n) is 16.0. The van der Waals surface area contributed by atoms with E-state index in [0.29, 0.717) is 33.4 Å². The number of carbonyl (C=O) groups excluding carboxylic acids is 1. The summed E-state index contributed by atoms with van der Waals surface area (Å²) >= 11 is 6.24. The standard InChI is InChI=1S/C23H19ClN2O3/c1-14-7-6-10-20(21(14)24)28-15(2)22(27)25-17-11-12-19-18(13-17)26-23(29-19)16-8-4-3-5-9-16/h3-13,15H,1-2H3,(H,25,27). The monoisotopic (exact) mass is 406 g/mol. The molecule has 0 saturated heterocycles. The highest BCUT2D eigenvalue weighted by molar-refractivity contribution is 6.32. The maximum atomic E-state index is 12.6. The van der Waals surface area contributed by atoms with Gasteiger partial charge < -0.3 is 14.5 Å². The molecule has 5 nitrogen and oxygen atoms in total. The molecule has 1 aromatic heterocycles. The fourth-order valence-electron chi connectivity index (χ4n) is 2.91. The van der Waals surface area contributed by atoms with Gasteiger partial charge in [0.25, 0.3) is 5.91 Å². The lowest BCUT2D eigenvalue weighted by Crippen LogP contribution is -2.30. The van der Waals surface area contributed by atoms with Crippen LogP contribution in [0.15, 0.2) is 71.1 Å². The van der Waals surface area contributed by atoms with Crippen molar-refractivity contribution in [3.05, 3.63) is 77.3 Å². The van der Waals surface area contributed by atoms with E-state index in [0.717, 1.165) is 11.1 Å². The highest BCUT2D eigenvalue weighted by Crippen LogP contribution is 2.29. The average molecular weight is 407 g/mol. The molecule has 1 atom stereocenters. The molecule has 4 rings (SSSR count). The van der Waals surface area contributed by atoms with Crippen LogP contribution in [0.25, 0.3) is 22.6 Å². The van der Waals surface area contributed by atoms with E-state index in [1.165, 1.54) is 0 Å². The van der Waals surface area contributed by atoms with Gasteiger partial charge in [-0.3, -0.25) is 4.79 Å². The van der Waals surface area contributed by atoms with Crippen molar-refractivity contribution in [3.8, 4) is 17.2 Å². The van der Waals surface area contributed by atoms with Gasteiger partial charge in [0, 0.05) is 11.3 Å². The SMILES string of the molecule is Cc1cccc(OC(C)C(=O)Nc2ccc3oc(-c4ccccc4)nc3c2)c1Cl. The van der Waals surface area contributed by atoms with Gasteiger partial charge in [-0.15, -0.1) is 0 Å². The van der Waals surface area contributed by atoms with Crippen molar-refractivity contribution >= 4 is 34.3 Å². The van der Waals surface area contributed by atoms with Gasteiger partial charge in [-0.25, -0.2) is 4.98 Å². The number of hydrogen-bond donors (Lipinski definition) is 1. The van der Waals surface area contributed by atoms with Crippen LogP contribution in [0.2, 0.25) is 5.02 Å². The van der Waals surface area contributed by atoms with Crippen molar-refractivity contribution in [2.75, 3.05) is 5.32 Å². The van der Waals surface area contributed by atoms with E-state index in [2.05, 4.69) is 10.3 Å². The highest BCUT2D eigenvalue weighted by atomic mass is 35.5. The fourth-order valence-corrected chi connectivity index (χ4v) is 3.08. The second-order valence-electron chi connectivity index (χ2n) is 6.70. The minimum absolute atomic E-state index is 0.284. The molecule has 0 radical (unpaired) electrons. The molecule has 0 spiro atoms. The molecule has 3 aromatic carbocycles. The Morgan fingerprint density at radius 1 is 1.10 bits per heavy atom. The maximum absolute atomic E-state index is 12.6. The maximum Gasteiger partial charge on any atom is 0.265 e. The van der Waals surface area contributed by atoms with E-state index in [1.54, 1.807) is 31.2 Å². The number of aromatic nitrogens is 1. The predicted octanol–water partition coefficient (Wildman–Crippen LogP) is 5.86. The summed E-state index contributed by atoms with van der Waals surface area (Å²) in [6.07, 6.45) is -0.720. The van der Waals surface area contributed by atoms with Crippen molar-refractivity contribution in [1.29, 1.82) is 0 Å². The Morgan fingerprint density at radius 3 is 2.69 bits per heavy atom. The van der Waals surface area contributed by atoms with Crippen LogP contribution < -0.4 is 10.1 Å². The number of amides is 1. The lowest BCUT2D eigenvalue weighted by molar-refractivity contribution is -0.122. The van der Waals surface area contributed by atoms with Crippen molar-refractivity contribution < 1.29 is 13.9 Å². The molecule has 1 amide bonds. The minimum Gasteiger partial charge on any atom is -0.479 e. The second kappa shape index (κ2) is 7.97. The van der Waals surface area contributed by atoms with Crippen LogP contribution in [0.1, 0.15) is 12.5 Å². The topological polar surface area (TPSA) is 64.4 Å². The molecular formula is C23H19ClN2O3. The van der Waals surface area contributed by atoms with E-state index in [4.69, 9.17) is 20.8 Å². The lowest BCUT2D eigenvalue weighted by atomic mass is 10.2. The molecule has 6 heteroatoms. The molecule has 4 aromatic rings. The van der Waals surface area contributed by atoms with Crippen molar-refractivity contribution in [1.82, 2.24) is 4.98 Å². The number of fused-ring (bicyclic) bond motifs is 1. The van der Waals surface area contributed by atoms with Gasteiger partial charge in [0.1, 0.15) is 11.3 Å². The van der Waals surface area contributed by atoms with Crippen LogP contribution in [0.3, 0.4) is 0 Å². The number of ether oxygens (including phenoxy) is 1. The molecule has 0 aliphatic carbocycles. The van der Waals surface area contributed by atoms with E-state index in [1.807, 2.05) is 49.4 Å². The normalized spacial score (nSPS) is 12.0. The molecule has 0 bridgehead atoms. The van der Waals surface area contributed by atoms with E-state index in [-0.39, 0.29) is 5.91 Å².